The van der Waals surface area contributed by atoms with Crippen molar-refractivity contribution in [2.75, 3.05) is 13.7 Å². The monoisotopic (exact) mass is 738 g/mol. The van der Waals surface area contributed by atoms with Gasteiger partial charge in [-0.25, -0.2) is 9.59 Å². The minimum Gasteiger partial charge on any atom is -0.496 e. The van der Waals surface area contributed by atoms with Gasteiger partial charge in [0, 0.05) is 18.1 Å². The average Bonchev–Trinajstić information content (AvgIpc) is 3.21. The van der Waals surface area contributed by atoms with Crippen LogP contribution in [0, 0.1) is 11.8 Å². The standard InChI is InChI=1S/C42H58O11/c1-3-4-5-6-7-8-9-10-11-12-13-14-15-16-17-18-22-25-51-38(45)34-32-28-40(47)36(31-26-30(50-2)27-33(43)52-31)41(34,48)37(42(40,49)39(46)53-32)35(44)29-23-20-19-21-24-29/h19-21,23-24,26-27,32,34,36-37,47-49H,3-18,22,25,28H2,1-2H3/t32-,34-,36-,37+,40-,41+,42-/m1/s1. The highest BCUT2D eigenvalue weighted by Crippen LogP contribution is 2.69. The lowest BCUT2D eigenvalue weighted by atomic mass is 9.61. The van der Waals surface area contributed by atoms with Gasteiger partial charge in [-0.15, -0.1) is 0 Å². The third kappa shape index (κ3) is 8.27. The van der Waals surface area contributed by atoms with Gasteiger partial charge in [0.1, 0.15) is 34.7 Å². The third-order valence-electron chi connectivity index (χ3n) is 11.8. The van der Waals surface area contributed by atoms with E-state index in [9.17, 15) is 34.5 Å². The van der Waals surface area contributed by atoms with Crippen molar-refractivity contribution < 1.29 is 48.3 Å². The van der Waals surface area contributed by atoms with Gasteiger partial charge in [-0.1, -0.05) is 140 Å². The largest absolute Gasteiger partial charge is 0.496 e. The van der Waals surface area contributed by atoms with Crippen molar-refractivity contribution >= 4 is 17.7 Å². The number of ketones is 1. The van der Waals surface area contributed by atoms with Crippen LogP contribution in [0.25, 0.3) is 0 Å². The van der Waals surface area contributed by atoms with Crippen LogP contribution in [0.2, 0.25) is 0 Å². The highest BCUT2D eigenvalue weighted by atomic mass is 16.6. The Bertz CT molecular complexity index is 1590. The van der Waals surface area contributed by atoms with Gasteiger partial charge >= 0.3 is 17.6 Å². The average molecular weight is 739 g/mol. The number of fused-ring (bicyclic) bond motifs is 2. The summed E-state index contributed by atoms with van der Waals surface area (Å²) in [5, 5.41) is 37.2. The predicted octanol–water partition coefficient (Wildman–Crippen LogP) is 6.58. The minimum absolute atomic E-state index is 0.0111. The van der Waals surface area contributed by atoms with Crippen molar-refractivity contribution in [3.8, 4) is 5.75 Å². The smallest absolute Gasteiger partial charge is 0.342 e. The summed E-state index contributed by atoms with van der Waals surface area (Å²) in [7, 11) is 1.30. The van der Waals surface area contributed by atoms with Crippen LogP contribution in [-0.2, 0) is 19.1 Å². The molecule has 292 valence electrons. The summed E-state index contributed by atoms with van der Waals surface area (Å²) >= 11 is 0. The maximum Gasteiger partial charge on any atom is 0.342 e. The summed E-state index contributed by atoms with van der Waals surface area (Å²) in [5.41, 5.74) is -9.13. The second kappa shape index (κ2) is 18.2. The number of hydrogen-bond acceptors (Lipinski definition) is 11. The Hall–Kier alpha value is -3.54. The van der Waals surface area contributed by atoms with Gasteiger partial charge in [0.05, 0.1) is 31.6 Å². The van der Waals surface area contributed by atoms with Gasteiger partial charge in [-0.2, -0.15) is 0 Å². The Morgan fingerprint density at radius 1 is 0.792 bits per heavy atom. The van der Waals surface area contributed by atoms with Gasteiger partial charge in [0.25, 0.3) is 0 Å². The normalized spacial score (nSPS) is 28.5. The molecule has 2 heterocycles. The summed E-state index contributed by atoms with van der Waals surface area (Å²) in [5.74, 6) is -9.13. The van der Waals surface area contributed by atoms with E-state index in [2.05, 4.69) is 6.92 Å². The fourth-order valence-corrected chi connectivity index (χ4v) is 9.14. The molecule has 1 aromatic heterocycles. The quantitative estimate of drug-likeness (QED) is 0.0640. The van der Waals surface area contributed by atoms with Crippen LogP contribution < -0.4 is 10.4 Å². The highest BCUT2D eigenvalue weighted by molar-refractivity contribution is 6.05. The minimum atomic E-state index is -3.00. The molecule has 7 atom stereocenters. The molecule has 5 rings (SSSR count). The van der Waals surface area contributed by atoms with Crippen molar-refractivity contribution in [3.05, 3.63) is 64.2 Å². The number of hydrogen-bond donors (Lipinski definition) is 3. The van der Waals surface area contributed by atoms with E-state index < -0.39 is 70.4 Å². The molecule has 2 aliphatic carbocycles. The lowest BCUT2D eigenvalue weighted by molar-refractivity contribution is -0.245. The molecule has 3 N–H and O–H groups in total. The molecule has 3 aliphatic rings. The molecule has 11 nitrogen and oxygen atoms in total. The van der Waals surface area contributed by atoms with Gasteiger partial charge < -0.3 is 33.9 Å². The molecule has 3 fully saturated rings. The zero-order chi connectivity index (χ0) is 38.1. The second-order valence-corrected chi connectivity index (χ2v) is 15.3. The summed E-state index contributed by atoms with van der Waals surface area (Å²) < 4.78 is 21.8. The van der Waals surface area contributed by atoms with Crippen LogP contribution in [0.5, 0.6) is 5.75 Å². The van der Waals surface area contributed by atoms with Gasteiger partial charge in [0.2, 0.25) is 5.60 Å². The molecule has 3 bridgehead atoms. The molecule has 53 heavy (non-hydrogen) atoms. The molecular weight excluding hydrogens is 680 g/mol. The molecular formula is C42H58O11. The number of esters is 2. The lowest BCUT2D eigenvalue weighted by Gasteiger charge is -2.51. The number of aliphatic hydroxyl groups is 3. The zero-order valence-electron chi connectivity index (χ0n) is 31.4. The topological polar surface area (TPSA) is 170 Å². The third-order valence-corrected chi connectivity index (χ3v) is 11.8. The number of rotatable bonds is 23. The molecule has 2 aromatic rings. The van der Waals surface area contributed by atoms with E-state index in [1.165, 1.54) is 102 Å². The summed E-state index contributed by atoms with van der Waals surface area (Å²) in [4.78, 5) is 54.4. The highest BCUT2D eigenvalue weighted by Gasteiger charge is 2.89. The number of carbonyl (C=O) groups excluding carboxylic acids is 3. The van der Waals surface area contributed by atoms with Gasteiger partial charge in [-0.05, 0) is 6.42 Å². The molecule has 0 unspecified atom stereocenters. The molecule has 0 amide bonds. The Balaban J connectivity index is 1.19. The Morgan fingerprint density at radius 3 is 1.89 bits per heavy atom. The van der Waals surface area contributed by atoms with Crippen LogP contribution in [-0.4, -0.2) is 69.7 Å². The van der Waals surface area contributed by atoms with E-state index in [0.29, 0.717) is 6.42 Å². The first-order chi connectivity index (χ1) is 25.5. The Labute approximate surface area is 312 Å². The van der Waals surface area contributed by atoms with Crippen LogP contribution in [0.15, 0.2) is 51.7 Å². The van der Waals surface area contributed by atoms with E-state index in [1.54, 1.807) is 18.2 Å². The van der Waals surface area contributed by atoms with Crippen molar-refractivity contribution in [2.45, 2.75) is 151 Å². The van der Waals surface area contributed by atoms with Gasteiger partial charge in [0.15, 0.2) is 5.78 Å². The maximum atomic E-state index is 14.2. The predicted molar refractivity (Wildman–Crippen MR) is 196 cm³/mol. The molecule has 1 saturated heterocycles. The molecule has 2 saturated carbocycles. The van der Waals surface area contributed by atoms with Crippen LogP contribution in [0.1, 0.15) is 145 Å². The van der Waals surface area contributed by atoms with Crippen molar-refractivity contribution in [1.29, 1.82) is 0 Å². The molecule has 11 heteroatoms. The summed E-state index contributed by atoms with van der Waals surface area (Å²) in [6.07, 6.45) is 18.5. The first kappa shape index (κ1) is 40.6. The number of methoxy groups -OCH3 is 1. The van der Waals surface area contributed by atoms with E-state index in [0.717, 1.165) is 31.7 Å². The number of benzene rings is 1. The van der Waals surface area contributed by atoms with Crippen molar-refractivity contribution in [1.82, 2.24) is 0 Å². The summed E-state index contributed by atoms with van der Waals surface area (Å²) in [6, 6.07) is 9.93. The van der Waals surface area contributed by atoms with Crippen molar-refractivity contribution in [2.24, 2.45) is 11.8 Å². The second-order valence-electron chi connectivity index (χ2n) is 15.3. The van der Waals surface area contributed by atoms with Gasteiger partial charge in [-0.3, -0.25) is 9.59 Å². The molecule has 1 aromatic carbocycles. The van der Waals surface area contributed by atoms with Crippen LogP contribution >= 0.6 is 0 Å². The molecule has 0 radical (unpaired) electrons. The van der Waals surface area contributed by atoms with Crippen LogP contribution in [0.3, 0.4) is 0 Å². The molecule has 0 spiro atoms. The van der Waals surface area contributed by atoms with E-state index >= 15 is 0 Å². The first-order valence-corrected chi connectivity index (χ1v) is 19.9. The fraction of sp³-hybridized carbons (Fsp3) is 0.667. The lowest BCUT2D eigenvalue weighted by Crippen LogP contribution is -2.68. The zero-order valence-corrected chi connectivity index (χ0v) is 31.4. The van der Waals surface area contributed by atoms with E-state index in [1.807, 2.05) is 0 Å². The maximum absolute atomic E-state index is 14.2. The number of carbonyl (C=O) groups is 3. The number of ether oxygens (including phenoxy) is 3. The number of Topliss-reactive ketones (excluding diaryl/α,β-unsaturated/α-hetero) is 1. The Morgan fingerprint density at radius 2 is 1.34 bits per heavy atom. The first-order valence-electron chi connectivity index (χ1n) is 19.9. The summed E-state index contributed by atoms with van der Waals surface area (Å²) in [6.45, 7) is 2.27. The SMILES string of the molecule is CCCCCCCCCCCCCCCCCCCOC(=O)[C@H]1[C@H]2C[C@@]3(O)[C@@H](c4cc(OC)cc(=O)o4)[C@]1(O)[C@H](C(=O)c1ccccc1)[C@@]3(O)C(=O)O2. The van der Waals surface area contributed by atoms with Crippen molar-refractivity contribution in [3.63, 3.8) is 0 Å². The number of unbranched alkanes of at least 4 members (excludes halogenated alkanes) is 16. The fourth-order valence-electron chi connectivity index (χ4n) is 9.14. The van der Waals surface area contributed by atoms with Crippen LogP contribution in [0.4, 0.5) is 0 Å². The van der Waals surface area contributed by atoms with E-state index in [-0.39, 0.29) is 23.7 Å². The Kier molecular flexibility index (Phi) is 13.9. The van der Waals surface area contributed by atoms with E-state index in [4.69, 9.17) is 18.6 Å². The molecule has 1 aliphatic heterocycles.